The summed E-state index contributed by atoms with van der Waals surface area (Å²) >= 11 is 9.16. The molecule has 1 rings (SSSR count). The van der Waals surface area contributed by atoms with Crippen LogP contribution < -0.4 is 5.32 Å². The van der Waals surface area contributed by atoms with Crippen molar-refractivity contribution >= 4 is 33.4 Å². The van der Waals surface area contributed by atoms with Gasteiger partial charge >= 0.3 is 0 Å². The van der Waals surface area contributed by atoms with Crippen molar-refractivity contribution in [2.75, 3.05) is 6.54 Å². The van der Waals surface area contributed by atoms with E-state index in [0.717, 1.165) is 4.47 Å². The largest absolute Gasteiger partial charge is 0.388 e. The van der Waals surface area contributed by atoms with E-state index >= 15 is 0 Å². The Morgan fingerprint density at radius 1 is 1.59 bits per heavy atom. The number of aliphatic hydroxyl groups is 1. The second kappa shape index (κ2) is 5.85. The van der Waals surface area contributed by atoms with Crippen molar-refractivity contribution in [1.29, 1.82) is 0 Å². The van der Waals surface area contributed by atoms with Gasteiger partial charge in [-0.3, -0.25) is 4.79 Å². The van der Waals surface area contributed by atoms with Gasteiger partial charge in [0.05, 0.1) is 10.6 Å². The second-order valence-corrected chi connectivity index (χ2v) is 5.42. The molecule has 1 unspecified atom stereocenters. The molecule has 0 saturated carbocycles. The van der Waals surface area contributed by atoms with E-state index in [1.807, 2.05) is 6.92 Å². The van der Waals surface area contributed by atoms with Gasteiger partial charge in [-0.15, -0.1) is 0 Å². The van der Waals surface area contributed by atoms with Crippen LogP contribution in [-0.4, -0.2) is 23.2 Å². The lowest BCUT2D eigenvalue weighted by atomic mass is 10.0. The Kier molecular flexibility index (Phi) is 4.98. The van der Waals surface area contributed by atoms with Gasteiger partial charge in [0.15, 0.2) is 0 Å². The number of benzene rings is 1. The molecule has 2 N–H and O–H groups in total. The highest BCUT2D eigenvalue weighted by molar-refractivity contribution is 9.10. The zero-order valence-corrected chi connectivity index (χ0v) is 12.1. The number of rotatable bonds is 4. The molecule has 1 atom stereocenters. The molecule has 0 aliphatic carbocycles. The van der Waals surface area contributed by atoms with E-state index in [0.29, 0.717) is 17.0 Å². The van der Waals surface area contributed by atoms with Crippen LogP contribution in [0.1, 0.15) is 30.6 Å². The molecule has 0 bridgehead atoms. The molecule has 0 saturated heterocycles. The predicted molar refractivity (Wildman–Crippen MR) is 72.4 cm³/mol. The molecule has 0 aliphatic heterocycles. The van der Waals surface area contributed by atoms with Crippen molar-refractivity contribution in [1.82, 2.24) is 5.32 Å². The third-order valence-electron chi connectivity index (χ3n) is 2.57. The second-order valence-electron chi connectivity index (χ2n) is 4.16. The first-order valence-electron chi connectivity index (χ1n) is 5.31. The Hall–Kier alpha value is -0.580. The van der Waals surface area contributed by atoms with Crippen LogP contribution in [-0.2, 0) is 0 Å². The van der Waals surface area contributed by atoms with E-state index in [1.165, 1.54) is 0 Å². The maximum Gasteiger partial charge on any atom is 0.251 e. The summed E-state index contributed by atoms with van der Waals surface area (Å²) in [6, 6.07) is 4.97. The zero-order chi connectivity index (χ0) is 13.1. The monoisotopic (exact) mass is 319 g/mol. The zero-order valence-electron chi connectivity index (χ0n) is 9.76. The summed E-state index contributed by atoms with van der Waals surface area (Å²) in [4.78, 5) is 11.8. The summed E-state index contributed by atoms with van der Waals surface area (Å²) in [6.45, 7) is 3.76. The third kappa shape index (κ3) is 4.30. The van der Waals surface area contributed by atoms with Crippen LogP contribution in [0.2, 0.25) is 5.02 Å². The Morgan fingerprint density at radius 3 is 2.76 bits per heavy atom. The smallest absolute Gasteiger partial charge is 0.251 e. The molecule has 0 aliphatic rings. The number of carbonyl (C=O) groups is 1. The molecule has 1 aromatic rings. The van der Waals surface area contributed by atoms with Crippen LogP contribution in [0.3, 0.4) is 0 Å². The lowest BCUT2D eigenvalue weighted by Crippen LogP contribution is -2.40. The molecule has 3 nitrogen and oxygen atoms in total. The van der Waals surface area contributed by atoms with Crippen LogP contribution in [0, 0.1) is 0 Å². The molecule has 0 heterocycles. The number of hydrogen-bond donors (Lipinski definition) is 2. The SMILES string of the molecule is CCC(C)(O)CNC(=O)c1ccc(Br)c(Cl)c1. The summed E-state index contributed by atoms with van der Waals surface area (Å²) in [5.41, 5.74) is -0.403. The van der Waals surface area contributed by atoms with E-state index in [4.69, 9.17) is 11.6 Å². The van der Waals surface area contributed by atoms with E-state index in [9.17, 15) is 9.90 Å². The Bertz CT molecular complexity index is 421. The third-order valence-corrected chi connectivity index (χ3v) is 3.81. The van der Waals surface area contributed by atoms with Gasteiger partial charge < -0.3 is 10.4 Å². The van der Waals surface area contributed by atoms with Gasteiger partial charge in [-0.05, 0) is 47.5 Å². The molecule has 0 fully saturated rings. The lowest BCUT2D eigenvalue weighted by Gasteiger charge is -2.21. The molecular formula is C12H15BrClNO2. The summed E-state index contributed by atoms with van der Waals surface area (Å²) in [5.74, 6) is -0.242. The van der Waals surface area contributed by atoms with Gasteiger partial charge in [0, 0.05) is 16.6 Å². The average Bonchev–Trinajstić information content (AvgIpc) is 2.30. The van der Waals surface area contributed by atoms with Crippen molar-refractivity contribution in [2.45, 2.75) is 25.9 Å². The fraction of sp³-hybridized carbons (Fsp3) is 0.417. The van der Waals surface area contributed by atoms with Gasteiger partial charge in [0.2, 0.25) is 0 Å². The highest BCUT2D eigenvalue weighted by Gasteiger charge is 2.18. The van der Waals surface area contributed by atoms with Crippen LogP contribution in [0.25, 0.3) is 0 Å². The molecule has 1 aromatic carbocycles. The first-order chi connectivity index (χ1) is 7.85. The highest BCUT2D eigenvalue weighted by atomic mass is 79.9. The predicted octanol–water partition coefficient (Wildman–Crippen LogP) is 2.99. The average molecular weight is 321 g/mol. The summed E-state index contributed by atoms with van der Waals surface area (Å²) in [7, 11) is 0. The first kappa shape index (κ1) is 14.5. The van der Waals surface area contributed by atoms with Gasteiger partial charge in [0.25, 0.3) is 5.91 Å². The Morgan fingerprint density at radius 2 is 2.24 bits per heavy atom. The van der Waals surface area contributed by atoms with E-state index in [-0.39, 0.29) is 12.5 Å². The lowest BCUT2D eigenvalue weighted by molar-refractivity contribution is 0.0518. The summed E-state index contributed by atoms with van der Waals surface area (Å²) < 4.78 is 0.747. The minimum atomic E-state index is -0.880. The van der Waals surface area contributed by atoms with E-state index in [1.54, 1.807) is 25.1 Å². The number of hydrogen-bond acceptors (Lipinski definition) is 2. The van der Waals surface area contributed by atoms with Crippen molar-refractivity contribution in [2.24, 2.45) is 0 Å². The molecule has 1 amide bonds. The number of carbonyl (C=O) groups excluding carboxylic acids is 1. The van der Waals surface area contributed by atoms with Gasteiger partial charge in [-0.25, -0.2) is 0 Å². The number of nitrogens with one attached hydrogen (secondary N) is 1. The van der Waals surface area contributed by atoms with Crippen molar-refractivity contribution in [3.8, 4) is 0 Å². The number of halogens is 2. The van der Waals surface area contributed by atoms with Crippen molar-refractivity contribution < 1.29 is 9.90 Å². The molecule has 0 spiro atoms. The maximum atomic E-state index is 11.8. The van der Waals surface area contributed by atoms with Gasteiger partial charge in [-0.2, -0.15) is 0 Å². The van der Waals surface area contributed by atoms with Crippen LogP contribution >= 0.6 is 27.5 Å². The normalized spacial score (nSPS) is 14.2. The topological polar surface area (TPSA) is 49.3 Å². The Labute approximate surface area is 114 Å². The molecule has 5 heteroatoms. The standard InChI is InChI=1S/C12H15BrClNO2/c1-3-12(2,17)7-15-11(16)8-4-5-9(13)10(14)6-8/h4-6,17H,3,7H2,1-2H3,(H,15,16). The summed E-state index contributed by atoms with van der Waals surface area (Å²) in [5, 5.41) is 12.9. The fourth-order valence-corrected chi connectivity index (χ4v) is 1.56. The van der Waals surface area contributed by atoms with Crippen LogP contribution in [0.15, 0.2) is 22.7 Å². The number of amides is 1. The van der Waals surface area contributed by atoms with Gasteiger partial charge in [-0.1, -0.05) is 18.5 Å². The van der Waals surface area contributed by atoms with Gasteiger partial charge in [0.1, 0.15) is 0 Å². The van der Waals surface area contributed by atoms with Crippen molar-refractivity contribution in [3.63, 3.8) is 0 Å². The molecule has 94 valence electrons. The first-order valence-corrected chi connectivity index (χ1v) is 6.48. The quantitative estimate of drug-likeness (QED) is 0.896. The fourth-order valence-electron chi connectivity index (χ4n) is 1.14. The summed E-state index contributed by atoms with van der Waals surface area (Å²) in [6.07, 6.45) is 0.578. The maximum absolute atomic E-state index is 11.8. The minimum absolute atomic E-state index is 0.218. The minimum Gasteiger partial charge on any atom is -0.388 e. The Balaban J connectivity index is 2.68. The molecule has 0 aromatic heterocycles. The molecular weight excluding hydrogens is 305 g/mol. The van der Waals surface area contributed by atoms with Crippen LogP contribution in [0.4, 0.5) is 0 Å². The van der Waals surface area contributed by atoms with Crippen molar-refractivity contribution in [3.05, 3.63) is 33.3 Å². The highest BCUT2D eigenvalue weighted by Crippen LogP contribution is 2.23. The molecule has 17 heavy (non-hydrogen) atoms. The van der Waals surface area contributed by atoms with E-state index in [2.05, 4.69) is 21.2 Å². The molecule has 0 radical (unpaired) electrons. The van der Waals surface area contributed by atoms with E-state index < -0.39 is 5.60 Å². The van der Waals surface area contributed by atoms with Crippen LogP contribution in [0.5, 0.6) is 0 Å².